The van der Waals surface area contributed by atoms with Crippen LogP contribution in [-0.4, -0.2) is 11.7 Å². The smallest absolute Gasteiger partial charge is 0.120 e. The van der Waals surface area contributed by atoms with Gasteiger partial charge in [0.1, 0.15) is 5.75 Å². The molecule has 4 nitrogen and oxygen atoms in total. The highest BCUT2D eigenvalue weighted by Crippen LogP contribution is 2.22. The fourth-order valence-electron chi connectivity index (χ4n) is 1.05. The highest BCUT2D eigenvalue weighted by Gasteiger charge is 2.09. The van der Waals surface area contributed by atoms with Crippen molar-refractivity contribution in [2.75, 3.05) is 6.54 Å². The van der Waals surface area contributed by atoms with Crippen LogP contribution in [0, 0.1) is 11.3 Å². The quantitative estimate of drug-likeness (QED) is 0.672. The number of rotatable bonds is 2. The van der Waals surface area contributed by atoms with E-state index in [1.807, 2.05) is 6.07 Å². The predicted octanol–water partition coefficient (Wildman–Crippen LogP) is 0.644. The van der Waals surface area contributed by atoms with Gasteiger partial charge in [-0.05, 0) is 18.2 Å². The van der Waals surface area contributed by atoms with E-state index in [1.54, 1.807) is 6.07 Å². The van der Waals surface area contributed by atoms with Crippen LogP contribution in [0.25, 0.3) is 0 Å². The van der Waals surface area contributed by atoms with Crippen molar-refractivity contribution in [1.29, 1.82) is 5.26 Å². The van der Waals surface area contributed by atoms with Gasteiger partial charge in [0.25, 0.3) is 0 Å². The topological polar surface area (TPSA) is 96.1 Å². The van der Waals surface area contributed by atoms with Crippen LogP contribution in [0.2, 0.25) is 0 Å². The highest BCUT2D eigenvalue weighted by molar-refractivity contribution is 5.85. The van der Waals surface area contributed by atoms with E-state index >= 15 is 0 Å². The molecule has 14 heavy (non-hydrogen) atoms. The van der Waals surface area contributed by atoms with Crippen molar-refractivity contribution < 1.29 is 5.11 Å². The molecule has 1 atom stereocenters. The Morgan fingerprint density at radius 2 is 2.14 bits per heavy atom. The molecule has 1 aromatic rings. The molecule has 1 rings (SSSR count). The zero-order valence-electron chi connectivity index (χ0n) is 7.47. The number of phenols is 1. The standard InChI is InChI=1S/C9H11N3O.ClH/c10-4-6-1-2-9(13)7(3-6)8(12)5-11;/h1-3,8,13H,5,11-12H2;1H/t8-;/m0./s1. The Kier molecular flexibility index (Phi) is 4.95. The lowest BCUT2D eigenvalue weighted by molar-refractivity contribution is 0.462. The first kappa shape index (κ1) is 12.7. The molecule has 0 saturated carbocycles. The van der Waals surface area contributed by atoms with Crippen molar-refractivity contribution in [2.45, 2.75) is 6.04 Å². The van der Waals surface area contributed by atoms with E-state index < -0.39 is 6.04 Å². The Bertz CT molecular complexity index is 348. The minimum atomic E-state index is -0.423. The number of halogens is 1. The van der Waals surface area contributed by atoms with Gasteiger partial charge in [-0.3, -0.25) is 0 Å². The molecule has 0 saturated heterocycles. The maximum Gasteiger partial charge on any atom is 0.120 e. The lowest BCUT2D eigenvalue weighted by Gasteiger charge is -2.10. The molecule has 0 spiro atoms. The number of nitrogens with zero attached hydrogens (tertiary/aromatic N) is 1. The molecule has 0 fully saturated rings. The van der Waals surface area contributed by atoms with Crippen LogP contribution in [-0.2, 0) is 0 Å². The Hall–Kier alpha value is -1.28. The summed E-state index contributed by atoms with van der Waals surface area (Å²) in [7, 11) is 0. The maximum atomic E-state index is 9.39. The average Bonchev–Trinajstić information content (AvgIpc) is 2.17. The molecule has 0 aliphatic rings. The van der Waals surface area contributed by atoms with Crippen molar-refractivity contribution in [2.24, 2.45) is 11.5 Å². The maximum absolute atomic E-state index is 9.39. The van der Waals surface area contributed by atoms with Crippen LogP contribution in [0.4, 0.5) is 0 Å². The number of hydrogen-bond acceptors (Lipinski definition) is 4. The molecule has 0 aliphatic carbocycles. The van der Waals surface area contributed by atoms with Gasteiger partial charge in [0, 0.05) is 18.2 Å². The van der Waals surface area contributed by atoms with Gasteiger partial charge >= 0.3 is 0 Å². The Morgan fingerprint density at radius 1 is 1.50 bits per heavy atom. The summed E-state index contributed by atoms with van der Waals surface area (Å²) in [5.41, 5.74) is 12.0. The monoisotopic (exact) mass is 213 g/mol. The molecule has 0 bridgehead atoms. The van der Waals surface area contributed by atoms with Crippen LogP contribution < -0.4 is 11.5 Å². The minimum Gasteiger partial charge on any atom is -0.508 e. The van der Waals surface area contributed by atoms with E-state index in [-0.39, 0.29) is 24.7 Å². The van der Waals surface area contributed by atoms with Gasteiger partial charge in [0.05, 0.1) is 11.6 Å². The third-order valence-electron chi connectivity index (χ3n) is 1.81. The molecule has 0 radical (unpaired) electrons. The van der Waals surface area contributed by atoms with Crippen molar-refractivity contribution in [3.63, 3.8) is 0 Å². The van der Waals surface area contributed by atoms with Gasteiger partial charge in [0.2, 0.25) is 0 Å². The molecule has 5 heteroatoms. The van der Waals surface area contributed by atoms with E-state index in [0.717, 1.165) is 0 Å². The van der Waals surface area contributed by atoms with Crippen LogP contribution >= 0.6 is 12.4 Å². The summed E-state index contributed by atoms with van der Waals surface area (Å²) in [6, 6.07) is 6.07. The van der Waals surface area contributed by atoms with Crippen molar-refractivity contribution in [1.82, 2.24) is 0 Å². The van der Waals surface area contributed by atoms with Crippen LogP contribution in [0.5, 0.6) is 5.75 Å². The zero-order chi connectivity index (χ0) is 9.84. The van der Waals surface area contributed by atoms with Gasteiger partial charge < -0.3 is 16.6 Å². The van der Waals surface area contributed by atoms with Crippen molar-refractivity contribution >= 4 is 12.4 Å². The van der Waals surface area contributed by atoms with Gasteiger partial charge in [-0.1, -0.05) is 0 Å². The first-order valence-electron chi connectivity index (χ1n) is 3.87. The van der Waals surface area contributed by atoms with E-state index in [4.69, 9.17) is 16.7 Å². The average molecular weight is 214 g/mol. The number of benzene rings is 1. The minimum absolute atomic E-state index is 0. The normalized spacial score (nSPS) is 11.2. The fraction of sp³-hybridized carbons (Fsp3) is 0.222. The molecule has 0 aromatic heterocycles. The summed E-state index contributed by atoms with van der Waals surface area (Å²) in [6.07, 6.45) is 0. The van der Waals surface area contributed by atoms with Gasteiger partial charge in [-0.15, -0.1) is 12.4 Å². The van der Waals surface area contributed by atoms with E-state index in [9.17, 15) is 5.11 Å². The summed E-state index contributed by atoms with van der Waals surface area (Å²) < 4.78 is 0. The third kappa shape index (κ3) is 2.60. The second-order valence-corrected chi connectivity index (χ2v) is 2.73. The van der Waals surface area contributed by atoms with Gasteiger partial charge in [-0.2, -0.15) is 5.26 Å². The van der Waals surface area contributed by atoms with Crippen LogP contribution in [0.3, 0.4) is 0 Å². The van der Waals surface area contributed by atoms with Crippen molar-refractivity contribution in [3.8, 4) is 11.8 Å². The lowest BCUT2D eigenvalue weighted by Crippen LogP contribution is -2.20. The number of phenolic OH excluding ortho intramolecular Hbond substituents is 1. The summed E-state index contributed by atoms with van der Waals surface area (Å²) in [4.78, 5) is 0. The second kappa shape index (κ2) is 5.45. The highest BCUT2D eigenvalue weighted by atomic mass is 35.5. The molecule has 1 aromatic carbocycles. The zero-order valence-corrected chi connectivity index (χ0v) is 8.29. The van der Waals surface area contributed by atoms with E-state index in [2.05, 4.69) is 0 Å². The van der Waals surface area contributed by atoms with Crippen LogP contribution in [0.1, 0.15) is 17.2 Å². The van der Waals surface area contributed by atoms with Gasteiger partial charge in [-0.25, -0.2) is 0 Å². The Labute approximate surface area is 88.5 Å². The molecule has 0 amide bonds. The molecule has 0 unspecified atom stereocenters. The first-order chi connectivity index (χ1) is 6.19. The fourth-order valence-corrected chi connectivity index (χ4v) is 1.05. The predicted molar refractivity (Wildman–Crippen MR) is 56.1 cm³/mol. The third-order valence-corrected chi connectivity index (χ3v) is 1.81. The Balaban J connectivity index is 0.00000169. The van der Waals surface area contributed by atoms with Crippen LogP contribution in [0.15, 0.2) is 18.2 Å². The number of nitrogens with two attached hydrogens (primary N) is 2. The second-order valence-electron chi connectivity index (χ2n) is 2.73. The Morgan fingerprint density at radius 3 is 2.64 bits per heavy atom. The van der Waals surface area contributed by atoms with E-state index in [1.165, 1.54) is 12.1 Å². The number of nitriles is 1. The molecular formula is C9H12ClN3O. The van der Waals surface area contributed by atoms with E-state index in [0.29, 0.717) is 11.1 Å². The largest absolute Gasteiger partial charge is 0.508 e. The summed E-state index contributed by atoms with van der Waals surface area (Å²) >= 11 is 0. The van der Waals surface area contributed by atoms with Crippen molar-refractivity contribution in [3.05, 3.63) is 29.3 Å². The first-order valence-corrected chi connectivity index (χ1v) is 3.87. The lowest BCUT2D eigenvalue weighted by atomic mass is 10.0. The molecule has 0 heterocycles. The summed E-state index contributed by atoms with van der Waals surface area (Å²) in [6.45, 7) is 0.239. The SMILES string of the molecule is Cl.N#Cc1ccc(O)c([C@@H](N)CN)c1. The molecule has 0 aliphatic heterocycles. The summed E-state index contributed by atoms with van der Waals surface area (Å²) in [5.74, 6) is 0.0805. The number of hydrogen-bond donors (Lipinski definition) is 3. The summed E-state index contributed by atoms with van der Waals surface area (Å²) in [5, 5.41) is 18.0. The number of aromatic hydroxyl groups is 1. The molecular weight excluding hydrogens is 202 g/mol. The van der Waals surface area contributed by atoms with Gasteiger partial charge in [0.15, 0.2) is 0 Å². The molecule has 5 N–H and O–H groups in total. The molecule has 76 valence electrons.